The van der Waals surface area contributed by atoms with Gasteiger partial charge in [0, 0.05) is 49.9 Å². The first-order valence-electron chi connectivity index (χ1n) is 25.4. The molecule has 5 atom stereocenters. The molecule has 21 heteroatoms. The van der Waals surface area contributed by atoms with E-state index in [4.69, 9.17) is 31.4 Å². The number of benzene rings is 3. The fourth-order valence-corrected chi connectivity index (χ4v) is 8.53. The Morgan fingerprint density at radius 1 is 0.829 bits per heavy atom. The molecule has 0 fully saturated rings. The first-order chi connectivity index (χ1) is 36.1. The number of rotatable bonds is 21. The van der Waals surface area contributed by atoms with Gasteiger partial charge in [-0.1, -0.05) is 71.0 Å². The normalized spacial score (nSPS) is 16.4. The number of carbonyl (C=O) groups excluding carboxylic acids is 6. The van der Waals surface area contributed by atoms with E-state index in [0.29, 0.717) is 45.4 Å². The monoisotopic (exact) mass is 1050 g/mol. The summed E-state index contributed by atoms with van der Waals surface area (Å²) in [6.45, 7) is 15.2. The van der Waals surface area contributed by atoms with Crippen LogP contribution in [0, 0.1) is 31.1 Å². The molecule has 408 valence electrons. The van der Waals surface area contributed by atoms with Gasteiger partial charge in [-0.2, -0.15) is 5.26 Å². The van der Waals surface area contributed by atoms with Gasteiger partial charge in [-0.05, 0) is 86.0 Å². The van der Waals surface area contributed by atoms with Crippen LogP contribution < -0.4 is 53.3 Å². The number of aryl methyl sites for hydroxylation is 2. The van der Waals surface area contributed by atoms with Gasteiger partial charge in [-0.3, -0.25) is 28.8 Å². The Balaban J connectivity index is 1.53. The van der Waals surface area contributed by atoms with Gasteiger partial charge in [-0.15, -0.1) is 0 Å². The number of amides is 6. The van der Waals surface area contributed by atoms with Crippen LogP contribution in [0.1, 0.15) is 92.4 Å². The molecule has 0 aliphatic carbocycles. The van der Waals surface area contributed by atoms with Crippen LogP contribution in [0.15, 0.2) is 60.7 Å². The molecule has 0 radical (unpaired) electrons. The number of hydrogen-bond acceptors (Lipinski definition) is 15. The number of nitrogens with zero attached hydrogens (tertiary/aromatic N) is 4. The Morgan fingerprint density at radius 3 is 2.03 bits per heavy atom. The lowest BCUT2D eigenvalue weighted by molar-refractivity contribution is -0.143. The molecule has 21 nitrogen and oxygen atoms in total. The fourth-order valence-electron chi connectivity index (χ4n) is 8.53. The van der Waals surface area contributed by atoms with Crippen molar-refractivity contribution in [2.75, 3.05) is 59.7 Å². The molecule has 0 spiro atoms. The van der Waals surface area contributed by atoms with Gasteiger partial charge in [0.2, 0.25) is 29.5 Å². The summed E-state index contributed by atoms with van der Waals surface area (Å²) in [5.74, 6) is -3.12. The molecule has 3 aromatic carbocycles. The number of likely N-dealkylation sites (N-methyl/N-ethyl adjacent to an activating group) is 1. The lowest BCUT2D eigenvalue weighted by Gasteiger charge is -2.33. The minimum Gasteiger partial charge on any atom is -0.492 e. The minimum absolute atomic E-state index is 0.0245. The number of ether oxygens (including phenoxy) is 3. The molecule has 2 heterocycles. The summed E-state index contributed by atoms with van der Waals surface area (Å²) in [5, 5.41) is 22.7. The van der Waals surface area contributed by atoms with E-state index in [0.717, 1.165) is 16.0 Å². The maximum Gasteiger partial charge on any atom is 0.255 e. The lowest BCUT2D eigenvalue weighted by Crippen LogP contribution is -2.58. The lowest BCUT2D eigenvalue weighted by atomic mass is 9.86. The van der Waals surface area contributed by atoms with E-state index in [-0.39, 0.29) is 87.9 Å². The number of aromatic nitrogens is 2. The van der Waals surface area contributed by atoms with Crippen LogP contribution in [-0.4, -0.2) is 134 Å². The van der Waals surface area contributed by atoms with Crippen LogP contribution in [-0.2, 0) is 40.5 Å². The summed E-state index contributed by atoms with van der Waals surface area (Å²) >= 11 is 0. The van der Waals surface area contributed by atoms with Crippen molar-refractivity contribution in [1.29, 1.82) is 5.26 Å². The molecule has 0 unspecified atom stereocenters. The smallest absolute Gasteiger partial charge is 0.255 e. The van der Waals surface area contributed by atoms with Gasteiger partial charge in [0.15, 0.2) is 5.82 Å². The van der Waals surface area contributed by atoms with Gasteiger partial charge in [0.05, 0.1) is 29.6 Å². The number of nitriles is 1. The van der Waals surface area contributed by atoms with E-state index in [9.17, 15) is 34.0 Å². The molecule has 5 rings (SSSR count). The molecular weight excluding hydrogens is 973 g/mol. The topological polar surface area (TPSA) is 321 Å². The second kappa shape index (κ2) is 27.3. The summed E-state index contributed by atoms with van der Waals surface area (Å²) in [7, 11) is 1.37. The first-order valence-corrected chi connectivity index (χ1v) is 25.4. The predicted molar refractivity (Wildman–Crippen MR) is 287 cm³/mol. The van der Waals surface area contributed by atoms with Crippen molar-refractivity contribution in [2.24, 2.45) is 23.1 Å². The van der Waals surface area contributed by atoms with Crippen LogP contribution in [0.3, 0.4) is 0 Å². The molecule has 11 N–H and O–H groups in total. The van der Waals surface area contributed by atoms with Gasteiger partial charge < -0.3 is 62.9 Å². The van der Waals surface area contributed by atoms with Crippen molar-refractivity contribution in [2.45, 2.75) is 104 Å². The van der Waals surface area contributed by atoms with Crippen molar-refractivity contribution in [3.8, 4) is 40.1 Å². The summed E-state index contributed by atoms with van der Waals surface area (Å²) in [5.41, 5.74) is 22.3. The quantitative estimate of drug-likeness (QED) is 0.0556. The van der Waals surface area contributed by atoms with Crippen LogP contribution in [0.2, 0.25) is 0 Å². The number of nitrogens with two attached hydrogens (primary N) is 3. The van der Waals surface area contributed by atoms with Crippen LogP contribution >= 0.6 is 0 Å². The average molecular weight is 1050 g/mol. The fraction of sp³-hybridized carbons (Fsp3) is 0.473. The Bertz CT molecular complexity index is 2730. The van der Waals surface area contributed by atoms with Crippen molar-refractivity contribution >= 4 is 35.4 Å². The minimum atomic E-state index is -1.48. The zero-order chi connectivity index (χ0) is 55.9. The van der Waals surface area contributed by atoms with E-state index in [1.54, 1.807) is 50.2 Å². The number of fused-ring (bicyclic) bond motifs is 5. The summed E-state index contributed by atoms with van der Waals surface area (Å²) in [4.78, 5) is 96.1. The highest BCUT2D eigenvalue weighted by molar-refractivity contribution is 6.01. The van der Waals surface area contributed by atoms with E-state index in [1.165, 1.54) is 14.0 Å². The summed E-state index contributed by atoms with van der Waals surface area (Å²) < 4.78 is 18.1. The van der Waals surface area contributed by atoms with Crippen LogP contribution in [0.5, 0.6) is 11.5 Å². The average Bonchev–Trinajstić information content (AvgIpc) is 3.37. The Kier molecular flexibility index (Phi) is 21.3. The molecule has 76 heavy (non-hydrogen) atoms. The first kappa shape index (κ1) is 59.4. The van der Waals surface area contributed by atoms with Gasteiger partial charge in [0.1, 0.15) is 61.5 Å². The highest BCUT2D eigenvalue weighted by atomic mass is 16.5. The highest BCUT2D eigenvalue weighted by Gasteiger charge is 2.37. The van der Waals surface area contributed by atoms with Crippen molar-refractivity contribution in [3.05, 3.63) is 94.3 Å². The van der Waals surface area contributed by atoms with E-state index in [1.807, 2.05) is 44.2 Å². The van der Waals surface area contributed by atoms with Crippen LogP contribution in [0.25, 0.3) is 22.5 Å². The second-order valence-electron chi connectivity index (χ2n) is 20.1. The Hall–Kier alpha value is -7.51. The second-order valence-corrected chi connectivity index (χ2v) is 20.1. The van der Waals surface area contributed by atoms with Crippen molar-refractivity contribution in [3.63, 3.8) is 0 Å². The number of carbonyl (C=O) groups is 6. The standard InChI is InChI=1S/C55H74N12O9/c1-31(2)29-74-30-43(66-52(71)46-32(3)61-48(62-33(46)4)36-11-14-38(15-12-36)55(6,7)8)51(70)64-41(18-19-56)54(73)67(9)47-37-13-17-45(76-25-22-59)40(28-37)39-26-35(10-16-44(39)75-24-21-58)27-42(50(69)60-23-20-57)65-49(68)34(5)63-53(47)72/h10-17,26,28,31,34,41-43,47H,18-19,21-25,27,29-30,56,58-59H2,1-9H3,(H,60,69)(H,63,72)(H,64,70)(H,65,68)(H,66,71)/t34-,41-,42-,43+,47-/m0/s1. The zero-order valence-corrected chi connectivity index (χ0v) is 45.0. The SMILES string of the molecule is Cc1nc(-c2ccc(C(C)(C)C)cc2)nc(C)c1C(=O)N[C@H](COCC(C)C)C(=O)N[C@@H](CCN)C(=O)N(C)[C@@H]1C(=O)N[C@@H](C)C(=O)N[C@H](C(=O)NCC#N)Cc2ccc(OCCN)c(c2)-c2cc1ccc2OCCN. The molecular formula is C55H74N12O9. The predicted octanol–water partition coefficient (Wildman–Crippen LogP) is 2.39. The highest BCUT2D eigenvalue weighted by Crippen LogP contribution is 2.40. The van der Waals surface area contributed by atoms with Gasteiger partial charge in [-0.25, -0.2) is 9.97 Å². The van der Waals surface area contributed by atoms with E-state index in [2.05, 4.69) is 57.3 Å². The molecule has 1 aliphatic rings. The largest absolute Gasteiger partial charge is 0.492 e. The van der Waals surface area contributed by atoms with Crippen molar-refractivity contribution < 1.29 is 43.0 Å². The van der Waals surface area contributed by atoms with E-state index < -0.39 is 65.7 Å². The molecule has 0 saturated heterocycles. The van der Waals surface area contributed by atoms with Gasteiger partial charge in [0.25, 0.3) is 5.91 Å². The maximum absolute atomic E-state index is 15.0. The molecule has 4 bridgehead atoms. The molecule has 0 saturated carbocycles. The number of nitrogens with one attached hydrogen (secondary N) is 5. The summed E-state index contributed by atoms with van der Waals surface area (Å²) in [6, 6.07) is 13.2. The van der Waals surface area contributed by atoms with E-state index >= 15 is 0 Å². The number of hydrogen-bond donors (Lipinski definition) is 8. The molecule has 6 amide bonds. The molecule has 1 aliphatic heterocycles. The summed E-state index contributed by atoms with van der Waals surface area (Å²) in [6.07, 6.45) is -0.121. The van der Waals surface area contributed by atoms with Gasteiger partial charge >= 0.3 is 0 Å². The zero-order valence-electron chi connectivity index (χ0n) is 45.0. The Morgan fingerprint density at radius 2 is 1.45 bits per heavy atom. The van der Waals surface area contributed by atoms with Crippen LogP contribution in [0.4, 0.5) is 0 Å². The van der Waals surface area contributed by atoms with Crippen molar-refractivity contribution in [1.82, 2.24) is 41.5 Å². The third-order valence-electron chi connectivity index (χ3n) is 12.5. The third kappa shape index (κ3) is 15.5. The maximum atomic E-state index is 15.0. The molecule has 1 aromatic heterocycles. The molecule has 4 aromatic rings. The Labute approximate surface area is 444 Å². The third-order valence-corrected chi connectivity index (χ3v) is 12.5.